The van der Waals surface area contributed by atoms with Crippen molar-refractivity contribution in [2.24, 2.45) is 4.99 Å². The van der Waals surface area contributed by atoms with Crippen molar-refractivity contribution >= 4 is 40.0 Å². The van der Waals surface area contributed by atoms with E-state index in [0.717, 1.165) is 31.2 Å². The summed E-state index contributed by atoms with van der Waals surface area (Å²) in [5, 5.41) is 3.23. The number of ether oxygens (including phenoxy) is 1. The van der Waals surface area contributed by atoms with E-state index in [4.69, 9.17) is 4.74 Å². The van der Waals surface area contributed by atoms with Crippen molar-refractivity contribution in [1.82, 2.24) is 14.9 Å². The predicted octanol–water partition coefficient (Wildman–Crippen LogP) is 1.62. The monoisotopic (exact) mass is 496 g/mol. The Kier molecular flexibility index (Phi) is 9.66. The van der Waals surface area contributed by atoms with Crippen molar-refractivity contribution in [1.29, 1.82) is 0 Å². The smallest absolute Gasteiger partial charge is 0.211 e. The van der Waals surface area contributed by atoms with Gasteiger partial charge in [-0.05, 0) is 31.0 Å². The number of hydrogen-bond donors (Lipinski definition) is 2. The van der Waals surface area contributed by atoms with E-state index >= 15 is 0 Å². The van der Waals surface area contributed by atoms with Crippen LogP contribution in [0.1, 0.15) is 24.8 Å². The van der Waals surface area contributed by atoms with E-state index in [1.807, 2.05) is 12.1 Å². The lowest BCUT2D eigenvalue weighted by Gasteiger charge is -2.22. The lowest BCUT2D eigenvalue weighted by Crippen LogP contribution is -2.43. The van der Waals surface area contributed by atoms with Gasteiger partial charge in [-0.1, -0.05) is 12.1 Å². The summed E-state index contributed by atoms with van der Waals surface area (Å²) in [6, 6.07) is 8.21. The summed E-state index contributed by atoms with van der Waals surface area (Å²) in [7, 11) is 0.271. The summed E-state index contributed by atoms with van der Waals surface area (Å²) in [6.07, 6.45) is 1.06. The van der Waals surface area contributed by atoms with Crippen LogP contribution >= 0.6 is 24.0 Å². The molecule has 1 fully saturated rings. The van der Waals surface area contributed by atoms with E-state index in [1.165, 1.54) is 5.56 Å². The van der Waals surface area contributed by atoms with Crippen molar-refractivity contribution in [3.63, 3.8) is 0 Å². The van der Waals surface area contributed by atoms with Gasteiger partial charge in [0.15, 0.2) is 5.96 Å². The summed E-state index contributed by atoms with van der Waals surface area (Å²) in [5.74, 6) is 2.23. The van der Waals surface area contributed by atoms with Crippen molar-refractivity contribution in [2.45, 2.75) is 19.3 Å². The highest BCUT2D eigenvalue weighted by atomic mass is 127. The van der Waals surface area contributed by atoms with Crippen LogP contribution in [0.3, 0.4) is 0 Å². The van der Waals surface area contributed by atoms with Crippen molar-refractivity contribution < 1.29 is 13.2 Å². The summed E-state index contributed by atoms with van der Waals surface area (Å²) in [4.78, 5) is 6.53. The molecule has 9 heteroatoms. The van der Waals surface area contributed by atoms with E-state index in [0.29, 0.717) is 19.0 Å². The second kappa shape index (κ2) is 10.9. The van der Waals surface area contributed by atoms with Crippen LogP contribution in [0.15, 0.2) is 29.3 Å². The zero-order chi connectivity index (χ0) is 18.3. The second-order valence-corrected chi connectivity index (χ2v) is 8.07. The minimum Gasteiger partial charge on any atom is -0.497 e. The highest BCUT2D eigenvalue weighted by Gasteiger charge is 2.26. The molecule has 1 atom stereocenters. The number of rotatable bonds is 7. The van der Waals surface area contributed by atoms with Crippen LogP contribution in [0.2, 0.25) is 0 Å². The average Bonchev–Trinajstić information content (AvgIpc) is 3.11. The van der Waals surface area contributed by atoms with E-state index < -0.39 is 10.0 Å². The first-order valence-corrected chi connectivity index (χ1v) is 10.2. The fourth-order valence-electron chi connectivity index (χ4n) is 2.92. The number of benzene rings is 1. The van der Waals surface area contributed by atoms with Crippen LogP contribution in [0.4, 0.5) is 0 Å². The molecule has 26 heavy (non-hydrogen) atoms. The molecule has 0 aromatic heterocycles. The van der Waals surface area contributed by atoms with Crippen LogP contribution in [0.25, 0.3) is 0 Å². The maximum atomic E-state index is 11.4. The molecule has 0 aliphatic carbocycles. The van der Waals surface area contributed by atoms with E-state index in [2.05, 4.69) is 32.1 Å². The predicted molar refractivity (Wildman–Crippen MR) is 116 cm³/mol. The standard InChI is InChI=1S/C17H28N4O3S.HI/c1-4-25(22,23)20-11-10-19-17(18-2)21-12-9-15(13-21)14-5-7-16(24-3)8-6-14;/h5-8,15,20H,4,9-13H2,1-3H3,(H,18,19);1H. The Morgan fingerprint density at radius 2 is 2.00 bits per heavy atom. The summed E-state index contributed by atoms with van der Waals surface area (Å²) >= 11 is 0. The molecule has 2 rings (SSSR count). The SMILES string of the molecule is CCS(=O)(=O)NCCNC(=NC)N1CCC(c2ccc(OC)cc2)C1.I. The maximum Gasteiger partial charge on any atom is 0.211 e. The molecule has 1 unspecified atom stereocenters. The molecule has 0 bridgehead atoms. The van der Waals surface area contributed by atoms with Crippen LogP contribution in [-0.4, -0.2) is 65.4 Å². The quantitative estimate of drug-likeness (QED) is 0.260. The Labute approximate surface area is 173 Å². The summed E-state index contributed by atoms with van der Waals surface area (Å²) in [5.41, 5.74) is 1.30. The number of nitrogens with one attached hydrogen (secondary N) is 2. The molecule has 1 saturated heterocycles. The summed E-state index contributed by atoms with van der Waals surface area (Å²) < 4.78 is 30.6. The third-order valence-electron chi connectivity index (χ3n) is 4.40. The van der Waals surface area contributed by atoms with Crippen molar-refractivity contribution in [3.05, 3.63) is 29.8 Å². The van der Waals surface area contributed by atoms with Crippen LogP contribution in [0, 0.1) is 0 Å². The first-order chi connectivity index (χ1) is 12.0. The third kappa shape index (κ3) is 6.58. The van der Waals surface area contributed by atoms with Gasteiger partial charge in [-0.2, -0.15) is 0 Å². The fraction of sp³-hybridized carbons (Fsp3) is 0.588. The normalized spacial score (nSPS) is 17.7. The molecular formula is C17H29IN4O3S. The number of methoxy groups -OCH3 is 1. The lowest BCUT2D eigenvalue weighted by molar-refractivity contribution is 0.414. The Morgan fingerprint density at radius 3 is 2.58 bits per heavy atom. The van der Waals surface area contributed by atoms with Crippen LogP contribution < -0.4 is 14.8 Å². The van der Waals surface area contributed by atoms with Gasteiger partial charge in [-0.15, -0.1) is 24.0 Å². The van der Waals surface area contributed by atoms with Gasteiger partial charge < -0.3 is 15.0 Å². The molecule has 0 saturated carbocycles. The molecule has 0 spiro atoms. The number of halogens is 1. The number of likely N-dealkylation sites (tertiary alicyclic amines) is 1. The van der Waals surface area contributed by atoms with Gasteiger partial charge in [-0.3, -0.25) is 4.99 Å². The highest BCUT2D eigenvalue weighted by molar-refractivity contribution is 14.0. The molecular weight excluding hydrogens is 467 g/mol. The minimum atomic E-state index is -3.15. The first-order valence-electron chi connectivity index (χ1n) is 8.56. The molecule has 1 aromatic carbocycles. The van der Waals surface area contributed by atoms with Gasteiger partial charge >= 0.3 is 0 Å². The Balaban J connectivity index is 0.00000338. The number of guanidine groups is 1. The largest absolute Gasteiger partial charge is 0.497 e. The molecule has 0 radical (unpaired) electrons. The Morgan fingerprint density at radius 1 is 1.31 bits per heavy atom. The molecule has 148 valence electrons. The number of sulfonamides is 1. The number of aliphatic imine (C=N–C) groups is 1. The lowest BCUT2D eigenvalue weighted by atomic mass is 9.98. The van der Waals surface area contributed by atoms with Gasteiger partial charge in [0.1, 0.15) is 5.75 Å². The van der Waals surface area contributed by atoms with Crippen molar-refractivity contribution in [2.75, 3.05) is 46.1 Å². The molecule has 2 N–H and O–H groups in total. The Bertz CT molecular complexity index is 680. The maximum absolute atomic E-state index is 11.4. The first kappa shape index (κ1) is 23.0. The van der Waals surface area contributed by atoms with E-state index in [9.17, 15) is 8.42 Å². The third-order valence-corrected chi connectivity index (χ3v) is 5.80. The topological polar surface area (TPSA) is 83.0 Å². The highest BCUT2D eigenvalue weighted by Crippen LogP contribution is 2.28. The van der Waals surface area contributed by atoms with E-state index in [-0.39, 0.29) is 29.7 Å². The average molecular weight is 496 g/mol. The molecule has 7 nitrogen and oxygen atoms in total. The van der Waals surface area contributed by atoms with Gasteiger partial charge in [0.25, 0.3) is 0 Å². The molecule has 1 aliphatic heterocycles. The van der Waals surface area contributed by atoms with Crippen LogP contribution in [-0.2, 0) is 10.0 Å². The summed E-state index contributed by atoms with van der Waals surface area (Å²) in [6.45, 7) is 4.31. The van der Waals surface area contributed by atoms with Crippen molar-refractivity contribution in [3.8, 4) is 5.75 Å². The minimum absolute atomic E-state index is 0. The number of nitrogens with zero attached hydrogens (tertiary/aromatic N) is 2. The molecule has 1 aliphatic rings. The van der Waals surface area contributed by atoms with Gasteiger partial charge in [0, 0.05) is 39.1 Å². The molecule has 1 heterocycles. The second-order valence-electron chi connectivity index (χ2n) is 5.98. The zero-order valence-corrected chi connectivity index (χ0v) is 18.7. The van der Waals surface area contributed by atoms with E-state index in [1.54, 1.807) is 21.1 Å². The number of hydrogen-bond acceptors (Lipinski definition) is 4. The molecule has 0 amide bonds. The molecule has 1 aromatic rings. The Hall–Kier alpha value is -1.07. The van der Waals surface area contributed by atoms with Gasteiger partial charge in [-0.25, -0.2) is 13.1 Å². The van der Waals surface area contributed by atoms with Crippen LogP contribution in [0.5, 0.6) is 5.75 Å². The zero-order valence-electron chi connectivity index (χ0n) is 15.6. The fourth-order valence-corrected chi connectivity index (χ4v) is 3.53. The van der Waals surface area contributed by atoms with Gasteiger partial charge in [0.05, 0.1) is 12.9 Å². The van der Waals surface area contributed by atoms with Gasteiger partial charge in [0.2, 0.25) is 10.0 Å².